The summed E-state index contributed by atoms with van der Waals surface area (Å²) in [6, 6.07) is 18.4. The van der Waals surface area contributed by atoms with Crippen LogP contribution in [0.15, 0.2) is 70.3 Å². The number of nitrogens with zero attached hydrogens (tertiary/aromatic N) is 3. The Morgan fingerprint density at radius 2 is 1.91 bits per heavy atom. The fraction of sp³-hybridized carbons (Fsp3) is 0.360. The molecule has 2 aromatic carbocycles. The molecule has 0 saturated heterocycles. The fourth-order valence-electron chi connectivity index (χ4n) is 3.88. The topological polar surface area (TPSA) is 85.9 Å². The fourth-order valence-corrected chi connectivity index (χ4v) is 3.88. The summed E-state index contributed by atoms with van der Waals surface area (Å²) < 4.78 is 5.58. The number of rotatable bonds is 8. The highest BCUT2D eigenvalue weighted by molar-refractivity contribution is 5.79. The van der Waals surface area contributed by atoms with Gasteiger partial charge in [-0.3, -0.25) is 4.90 Å². The number of oxazole rings is 1. The van der Waals surface area contributed by atoms with Crippen molar-refractivity contribution in [1.82, 2.24) is 20.5 Å². The Morgan fingerprint density at radius 1 is 1.12 bits per heavy atom. The molecular weight excluding hydrogens is 402 g/mol. The predicted molar refractivity (Wildman–Crippen MR) is 126 cm³/mol. The molecule has 4 rings (SSSR count). The van der Waals surface area contributed by atoms with Crippen molar-refractivity contribution in [1.29, 1.82) is 0 Å². The SMILES string of the molecule is CCNC(=NCc1coc(-c2ccccc2)n1)NCC(O)CN1CCc2ccccc2C1. The molecule has 1 atom stereocenters. The molecule has 168 valence electrons. The summed E-state index contributed by atoms with van der Waals surface area (Å²) in [6.45, 7) is 6.06. The largest absolute Gasteiger partial charge is 0.444 e. The third-order valence-electron chi connectivity index (χ3n) is 5.50. The van der Waals surface area contributed by atoms with E-state index in [2.05, 4.69) is 49.8 Å². The van der Waals surface area contributed by atoms with E-state index >= 15 is 0 Å². The van der Waals surface area contributed by atoms with Crippen molar-refractivity contribution < 1.29 is 9.52 Å². The molecule has 3 aromatic rings. The van der Waals surface area contributed by atoms with Crippen LogP contribution in [0, 0.1) is 0 Å². The van der Waals surface area contributed by atoms with Gasteiger partial charge in [-0.2, -0.15) is 0 Å². The monoisotopic (exact) mass is 433 g/mol. The van der Waals surface area contributed by atoms with Gasteiger partial charge in [0.1, 0.15) is 12.0 Å². The second-order valence-corrected chi connectivity index (χ2v) is 7.99. The Kier molecular flexibility index (Phi) is 7.53. The number of guanidine groups is 1. The van der Waals surface area contributed by atoms with Crippen molar-refractivity contribution >= 4 is 5.96 Å². The van der Waals surface area contributed by atoms with Crippen molar-refractivity contribution in [2.75, 3.05) is 26.2 Å². The molecule has 0 aliphatic carbocycles. The van der Waals surface area contributed by atoms with Crippen LogP contribution in [0.5, 0.6) is 0 Å². The number of β-amino-alcohol motifs (C(OH)–C–C–N with tert-alkyl or cyclic N) is 1. The molecule has 7 nitrogen and oxygen atoms in total. The van der Waals surface area contributed by atoms with E-state index in [-0.39, 0.29) is 0 Å². The molecule has 2 heterocycles. The molecule has 0 bridgehead atoms. The first kappa shape index (κ1) is 22.0. The van der Waals surface area contributed by atoms with Crippen LogP contribution >= 0.6 is 0 Å². The van der Waals surface area contributed by atoms with E-state index in [1.807, 2.05) is 37.3 Å². The van der Waals surface area contributed by atoms with Crippen molar-refractivity contribution in [3.63, 3.8) is 0 Å². The minimum absolute atomic E-state index is 0.394. The maximum absolute atomic E-state index is 10.6. The first-order valence-electron chi connectivity index (χ1n) is 11.2. The van der Waals surface area contributed by atoms with Crippen LogP contribution in [0.2, 0.25) is 0 Å². The third-order valence-corrected chi connectivity index (χ3v) is 5.50. The van der Waals surface area contributed by atoms with E-state index in [4.69, 9.17) is 4.42 Å². The Labute approximate surface area is 189 Å². The third kappa shape index (κ3) is 5.96. The average molecular weight is 434 g/mol. The van der Waals surface area contributed by atoms with Crippen molar-refractivity contribution in [3.05, 3.63) is 77.7 Å². The van der Waals surface area contributed by atoms with Gasteiger partial charge in [0, 0.05) is 38.3 Å². The summed E-state index contributed by atoms with van der Waals surface area (Å²) >= 11 is 0. The number of benzene rings is 2. The minimum atomic E-state index is -0.485. The second-order valence-electron chi connectivity index (χ2n) is 7.99. The van der Waals surface area contributed by atoms with Crippen LogP contribution in [-0.4, -0.2) is 53.2 Å². The summed E-state index contributed by atoms with van der Waals surface area (Å²) in [5, 5.41) is 17.0. The first-order valence-corrected chi connectivity index (χ1v) is 11.2. The van der Waals surface area contributed by atoms with E-state index in [1.54, 1.807) is 6.26 Å². The summed E-state index contributed by atoms with van der Waals surface area (Å²) in [5.41, 5.74) is 4.47. The Balaban J connectivity index is 1.28. The van der Waals surface area contributed by atoms with Crippen LogP contribution in [0.3, 0.4) is 0 Å². The van der Waals surface area contributed by atoms with E-state index in [9.17, 15) is 5.11 Å². The number of aliphatic imine (C=N–C) groups is 1. The molecule has 32 heavy (non-hydrogen) atoms. The predicted octanol–water partition coefficient (Wildman–Crippen LogP) is 2.82. The van der Waals surface area contributed by atoms with E-state index in [0.717, 1.165) is 37.3 Å². The zero-order valence-corrected chi connectivity index (χ0v) is 18.5. The Morgan fingerprint density at radius 3 is 2.72 bits per heavy atom. The molecule has 1 unspecified atom stereocenters. The van der Waals surface area contributed by atoms with E-state index in [0.29, 0.717) is 31.5 Å². The maximum atomic E-state index is 10.6. The van der Waals surface area contributed by atoms with Gasteiger partial charge >= 0.3 is 0 Å². The first-order chi connectivity index (χ1) is 15.7. The van der Waals surface area contributed by atoms with Crippen molar-refractivity contribution in [2.45, 2.75) is 32.5 Å². The van der Waals surface area contributed by atoms with Gasteiger partial charge < -0.3 is 20.2 Å². The average Bonchev–Trinajstić information content (AvgIpc) is 3.30. The van der Waals surface area contributed by atoms with Crippen LogP contribution in [0.25, 0.3) is 11.5 Å². The lowest BCUT2D eigenvalue weighted by Crippen LogP contribution is -2.45. The van der Waals surface area contributed by atoms with Gasteiger partial charge in [-0.1, -0.05) is 42.5 Å². The van der Waals surface area contributed by atoms with Gasteiger partial charge in [-0.15, -0.1) is 0 Å². The molecular formula is C25H31N5O2. The minimum Gasteiger partial charge on any atom is -0.444 e. The number of hydrogen-bond donors (Lipinski definition) is 3. The van der Waals surface area contributed by atoms with Crippen molar-refractivity contribution in [3.8, 4) is 11.5 Å². The van der Waals surface area contributed by atoms with E-state index in [1.165, 1.54) is 11.1 Å². The van der Waals surface area contributed by atoms with Crippen LogP contribution in [0.4, 0.5) is 0 Å². The second kappa shape index (κ2) is 10.9. The zero-order valence-electron chi connectivity index (χ0n) is 18.5. The Bertz CT molecular complexity index is 1020. The lowest BCUT2D eigenvalue weighted by Gasteiger charge is -2.30. The molecule has 7 heteroatoms. The molecule has 0 spiro atoms. The van der Waals surface area contributed by atoms with Gasteiger partial charge in [-0.25, -0.2) is 9.98 Å². The number of aliphatic hydroxyl groups is 1. The molecule has 1 aliphatic rings. The number of aliphatic hydroxyl groups excluding tert-OH is 1. The highest BCUT2D eigenvalue weighted by Gasteiger charge is 2.18. The molecule has 3 N–H and O–H groups in total. The quantitative estimate of drug-likeness (QED) is 0.374. The van der Waals surface area contributed by atoms with Gasteiger partial charge in [0.25, 0.3) is 0 Å². The zero-order chi connectivity index (χ0) is 22.2. The van der Waals surface area contributed by atoms with Crippen molar-refractivity contribution in [2.24, 2.45) is 4.99 Å². The van der Waals surface area contributed by atoms with Gasteiger partial charge in [0.15, 0.2) is 5.96 Å². The van der Waals surface area contributed by atoms with Gasteiger partial charge in [-0.05, 0) is 36.6 Å². The molecule has 1 aromatic heterocycles. The molecule has 0 amide bonds. The van der Waals surface area contributed by atoms with Gasteiger partial charge in [0.2, 0.25) is 5.89 Å². The summed E-state index contributed by atoms with van der Waals surface area (Å²) in [6.07, 6.45) is 2.18. The van der Waals surface area contributed by atoms with E-state index < -0.39 is 6.10 Å². The lowest BCUT2D eigenvalue weighted by atomic mass is 10.00. The highest BCUT2D eigenvalue weighted by atomic mass is 16.3. The summed E-state index contributed by atoms with van der Waals surface area (Å²) in [4.78, 5) is 11.4. The van der Waals surface area contributed by atoms with Crippen LogP contribution in [-0.2, 0) is 19.5 Å². The molecule has 0 fully saturated rings. The number of fused-ring (bicyclic) bond motifs is 1. The normalized spacial score (nSPS) is 15.2. The summed E-state index contributed by atoms with van der Waals surface area (Å²) in [5.74, 6) is 1.24. The lowest BCUT2D eigenvalue weighted by molar-refractivity contribution is 0.108. The van der Waals surface area contributed by atoms with Crippen LogP contribution < -0.4 is 10.6 Å². The number of nitrogens with one attached hydrogen (secondary N) is 2. The number of aromatic nitrogens is 1. The Hall–Kier alpha value is -3.16. The molecule has 1 aliphatic heterocycles. The standard InChI is InChI=1S/C25H31N5O2/c1-2-26-25(27-14-22-18-32-24(29-22)20-9-4-3-5-10-20)28-15-23(31)17-30-13-12-19-8-6-7-11-21(19)16-30/h3-11,18,23,31H,2,12-17H2,1H3,(H2,26,27,28). The van der Waals surface area contributed by atoms with Gasteiger partial charge in [0.05, 0.1) is 12.6 Å². The molecule has 0 saturated carbocycles. The highest BCUT2D eigenvalue weighted by Crippen LogP contribution is 2.19. The smallest absolute Gasteiger partial charge is 0.226 e. The maximum Gasteiger partial charge on any atom is 0.226 e. The molecule has 0 radical (unpaired) electrons. The summed E-state index contributed by atoms with van der Waals surface area (Å²) in [7, 11) is 0. The van der Waals surface area contributed by atoms with Crippen LogP contribution in [0.1, 0.15) is 23.7 Å². The number of hydrogen-bond acceptors (Lipinski definition) is 5.